The number of piperidine rings is 1. The average molecular weight is 386 g/mol. The van der Waals surface area contributed by atoms with Gasteiger partial charge in [-0.15, -0.1) is 0 Å². The third kappa shape index (κ3) is 4.31. The Morgan fingerprint density at radius 1 is 1.08 bits per heavy atom. The lowest BCUT2D eigenvalue weighted by Gasteiger charge is -2.31. The van der Waals surface area contributed by atoms with Gasteiger partial charge in [0.25, 0.3) is 0 Å². The van der Waals surface area contributed by atoms with Gasteiger partial charge in [-0.05, 0) is 37.0 Å². The zero-order valence-corrected chi connectivity index (χ0v) is 14.5. The lowest BCUT2D eigenvalue weighted by molar-refractivity contribution is 0.398. The Kier molecular flexibility index (Phi) is 5.42. The standard InChI is InChI=1S/C16H17F3N4O2S/c17-12-9-20-16(21-10-12)23-5-3-11(4-6-23)8-22-26(24,25)13-1-2-14(18)15(19)7-13/h1-2,7,9-11,22H,3-6,8H2. The number of hydrogen-bond donors (Lipinski definition) is 1. The third-order valence-corrected chi connectivity index (χ3v) is 5.69. The van der Waals surface area contributed by atoms with Gasteiger partial charge >= 0.3 is 0 Å². The van der Waals surface area contributed by atoms with Gasteiger partial charge < -0.3 is 4.90 Å². The average Bonchev–Trinajstić information content (AvgIpc) is 2.63. The van der Waals surface area contributed by atoms with Gasteiger partial charge in [0.05, 0.1) is 17.3 Å². The molecule has 2 aromatic rings. The summed E-state index contributed by atoms with van der Waals surface area (Å²) in [6.45, 7) is 1.42. The maximum absolute atomic E-state index is 13.2. The van der Waals surface area contributed by atoms with Crippen LogP contribution in [0.5, 0.6) is 0 Å². The molecule has 1 aromatic carbocycles. The van der Waals surface area contributed by atoms with E-state index in [1.54, 1.807) is 0 Å². The molecular weight excluding hydrogens is 369 g/mol. The number of hydrogen-bond acceptors (Lipinski definition) is 5. The smallest absolute Gasteiger partial charge is 0.240 e. The number of aromatic nitrogens is 2. The van der Waals surface area contributed by atoms with Crippen LogP contribution in [0.1, 0.15) is 12.8 Å². The van der Waals surface area contributed by atoms with E-state index >= 15 is 0 Å². The second kappa shape index (κ2) is 7.58. The molecule has 1 aliphatic heterocycles. The molecule has 0 spiro atoms. The summed E-state index contributed by atoms with van der Waals surface area (Å²) in [4.78, 5) is 9.45. The van der Waals surface area contributed by atoms with Crippen molar-refractivity contribution in [3.05, 3.63) is 48.0 Å². The van der Waals surface area contributed by atoms with Crippen molar-refractivity contribution in [2.45, 2.75) is 17.7 Å². The van der Waals surface area contributed by atoms with Crippen LogP contribution in [0, 0.1) is 23.4 Å². The molecule has 1 N–H and O–H groups in total. The lowest BCUT2D eigenvalue weighted by Crippen LogP contribution is -2.39. The first-order valence-corrected chi connectivity index (χ1v) is 9.51. The van der Waals surface area contributed by atoms with E-state index in [-0.39, 0.29) is 17.4 Å². The van der Waals surface area contributed by atoms with Crippen molar-refractivity contribution in [1.82, 2.24) is 14.7 Å². The van der Waals surface area contributed by atoms with Gasteiger partial charge in [0.1, 0.15) is 0 Å². The Balaban J connectivity index is 1.54. The Bertz CT molecular complexity index is 870. The highest BCUT2D eigenvalue weighted by atomic mass is 32.2. The van der Waals surface area contributed by atoms with Crippen LogP contribution in [-0.2, 0) is 10.0 Å². The summed E-state index contributed by atoms with van der Waals surface area (Å²) in [7, 11) is -3.91. The molecule has 0 bridgehead atoms. The number of benzene rings is 1. The summed E-state index contributed by atoms with van der Waals surface area (Å²) < 4.78 is 65.8. The van der Waals surface area contributed by atoms with E-state index in [1.807, 2.05) is 4.90 Å². The van der Waals surface area contributed by atoms with E-state index < -0.39 is 27.5 Å². The predicted molar refractivity (Wildman–Crippen MR) is 88.5 cm³/mol. The maximum Gasteiger partial charge on any atom is 0.240 e. The molecule has 6 nitrogen and oxygen atoms in total. The van der Waals surface area contributed by atoms with E-state index in [0.29, 0.717) is 37.9 Å². The van der Waals surface area contributed by atoms with E-state index in [0.717, 1.165) is 24.5 Å². The third-order valence-electron chi connectivity index (χ3n) is 4.27. The number of rotatable bonds is 5. The molecule has 2 heterocycles. The summed E-state index contributed by atoms with van der Waals surface area (Å²) in [5, 5.41) is 0. The second-order valence-electron chi connectivity index (χ2n) is 6.06. The molecule has 0 saturated carbocycles. The fourth-order valence-corrected chi connectivity index (χ4v) is 3.89. The zero-order chi connectivity index (χ0) is 18.7. The van der Waals surface area contributed by atoms with Gasteiger partial charge in [-0.1, -0.05) is 0 Å². The molecule has 0 amide bonds. The van der Waals surface area contributed by atoms with Gasteiger partial charge in [0.2, 0.25) is 16.0 Å². The van der Waals surface area contributed by atoms with E-state index in [9.17, 15) is 21.6 Å². The largest absolute Gasteiger partial charge is 0.341 e. The summed E-state index contributed by atoms with van der Waals surface area (Å²) in [6, 6.07) is 2.46. The Morgan fingerprint density at radius 3 is 2.35 bits per heavy atom. The molecule has 0 aliphatic carbocycles. The fourth-order valence-electron chi connectivity index (χ4n) is 2.76. The molecule has 140 valence electrons. The number of anilines is 1. The quantitative estimate of drug-likeness (QED) is 0.852. The summed E-state index contributed by atoms with van der Waals surface area (Å²) >= 11 is 0. The minimum absolute atomic E-state index is 0.0896. The van der Waals surface area contributed by atoms with Crippen LogP contribution >= 0.6 is 0 Å². The molecule has 1 fully saturated rings. The van der Waals surface area contributed by atoms with Crippen molar-refractivity contribution >= 4 is 16.0 Å². The zero-order valence-electron chi connectivity index (χ0n) is 13.7. The minimum Gasteiger partial charge on any atom is -0.341 e. The van der Waals surface area contributed by atoms with Gasteiger partial charge in [0.15, 0.2) is 17.5 Å². The molecule has 1 aromatic heterocycles. The predicted octanol–water partition coefficient (Wildman–Crippen LogP) is 2.09. The van der Waals surface area contributed by atoms with E-state index in [2.05, 4.69) is 14.7 Å². The van der Waals surface area contributed by atoms with Crippen LogP contribution in [0.2, 0.25) is 0 Å². The first-order valence-electron chi connectivity index (χ1n) is 8.02. The summed E-state index contributed by atoms with van der Waals surface area (Å²) in [5.41, 5.74) is 0. The first-order chi connectivity index (χ1) is 12.3. The molecule has 1 aliphatic rings. The molecule has 26 heavy (non-hydrogen) atoms. The molecule has 10 heteroatoms. The van der Waals surface area contributed by atoms with Crippen molar-refractivity contribution in [3.8, 4) is 0 Å². The monoisotopic (exact) mass is 386 g/mol. The van der Waals surface area contributed by atoms with Crippen LogP contribution < -0.4 is 9.62 Å². The van der Waals surface area contributed by atoms with E-state index in [1.165, 1.54) is 0 Å². The number of halogens is 3. The molecule has 0 atom stereocenters. The Hall–Kier alpha value is -2.20. The van der Waals surface area contributed by atoms with Crippen LogP contribution in [0.3, 0.4) is 0 Å². The van der Waals surface area contributed by atoms with Crippen LogP contribution in [-0.4, -0.2) is 38.0 Å². The highest BCUT2D eigenvalue weighted by molar-refractivity contribution is 7.89. The second-order valence-corrected chi connectivity index (χ2v) is 7.83. The minimum atomic E-state index is -3.91. The Labute approximate surface area is 149 Å². The van der Waals surface area contributed by atoms with Crippen molar-refractivity contribution < 1.29 is 21.6 Å². The highest BCUT2D eigenvalue weighted by Gasteiger charge is 2.23. The van der Waals surface area contributed by atoms with Crippen molar-refractivity contribution in [1.29, 1.82) is 0 Å². The fraction of sp³-hybridized carbons (Fsp3) is 0.375. The van der Waals surface area contributed by atoms with Crippen molar-refractivity contribution in [3.63, 3.8) is 0 Å². The lowest BCUT2D eigenvalue weighted by atomic mass is 9.97. The number of nitrogens with zero attached hydrogens (tertiary/aromatic N) is 3. The van der Waals surface area contributed by atoms with Crippen molar-refractivity contribution in [2.24, 2.45) is 5.92 Å². The van der Waals surface area contributed by atoms with Crippen LogP contribution in [0.15, 0.2) is 35.5 Å². The first kappa shape index (κ1) is 18.6. The van der Waals surface area contributed by atoms with Gasteiger partial charge in [-0.25, -0.2) is 36.3 Å². The Morgan fingerprint density at radius 2 is 1.73 bits per heavy atom. The SMILES string of the molecule is O=S(=O)(NCC1CCN(c2ncc(F)cn2)CC1)c1ccc(F)c(F)c1. The van der Waals surface area contributed by atoms with Crippen molar-refractivity contribution in [2.75, 3.05) is 24.5 Å². The maximum atomic E-state index is 13.2. The van der Waals surface area contributed by atoms with Gasteiger partial charge in [-0.2, -0.15) is 0 Å². The summed E-state index contributed by atoms with van der Waals surface area (Å²) in [6.07, 6.45) is 3.59. The highest BCUT2D eigenvalue weighted by Crippen LogP contribution is 2.21. The molecule has 3 rings (SSSR count). The number of nitrogens with one attached hydrogen (secondary N) is 1. The van der Waals surface area contributed by atoms with Gasteiger partial charge in [0, 0.05) is 19.6 Å². The molecular formula is C16H17F3N4O2S. The molecule has 0 unspecified atom stereocenters. The summed E-state index contributed by atoms with van der Waals surface area (Å²) in [5.74, 6) is -2.28. The number of sulfonamides is 1. The molecule has 0 radical (unpaired) electrons. The van der Waals surface area contributed by atoms with Crippen LogP contribution in [0.25, 0.3) is 0 Å². The van der Waals surface area contributed by atoms with Gasteiger partial charge in [-0.3, -0.25) is 0 Å². The topological polar surface area (TPSA) is 75.2 Å². The van der Waals surface area contributed by atoms with E-state index in [4.69, 9.17) is 0 Å². The van der Waals surface area contributed by atoms with Crippen LogP contribution in [0.4, 0.5) is 19.1 Å². The normalized spacial score (nSPS) is 16.0. The molecule has 1 saturated heterocycles.